The number of methoxy groups -OCH3 is 1. The second kappa shape index (κ2) is 62.8. The summed E-state index contributed by atoms with van der Waals surface area (Å²) in [6.45, 7) is 17.2. The van der Waals surface area contributed by atoms with Crippen molar-refractivity contribution < 1.29 is 19.1 Å². The van der Waals surface area contributed by atoms with E-state index in [2.05, 4.69) is 62.8 Å². The van der Waals surface area contributed by atoms with Crippen LogP contribution in [-0.2, 0) is 19.1 Å². The molecule has 0 aliphatic heterocycles. The average Bonchev–Trinajstić information content (AvgIpc) is 3.25. The fraction of sp³-hybridized carbons (Fsp3) is 0.922. The minimum atomic E-state index is 0.171. The molecule has 8 nitrogen and oxygen atoms in total. The predicted octanol–water partition coefficient (Wildman–Crippen LogP) is 14.5. The number of carbonyl (C=O) groups is 1. The summed E-state index contributed by atoms with van der Waals surface area (Å²) in [6.07, 6.45) is 53.0. The number of hydrogen-bond donors (Lipinski definition) is 2. The fourth-order valence-corrected chi connectivity index (χ4v) is 7.06. The van der Waals surface area contributed by atoms with Crippen LogP contribution in [0.25, 0.3) is 0 Å². The highest BCUT2D eigenvalue weighted by Gasteiger charge is 2.09. The second-order valence-corrected chi connectivity index (χ2v) is 16.4. The van der Waals surface area contributed by atoms with Gasteiger partial charge in [0.2, 0.25) is 5.96 Å². The van der Waals surface area contributed by atoms with E-state index in [1.54, 1.807) is 14.2 Å². The molecule has 0 saturated carbocycles. The molecule has 0 unspecified atom stereocenters. The largest absolute Gasteiger partial charge is 0.465 e. The predicted molar refractivity (Wildman–Crippen MR) is 261 cm³/mol. The fourth-order valence-electron chi connectivity index (χ4n) is 7.06. The van der Waals surface area contributed by atoms with Gasteiger partial charge in [-0.15, -0.1) is 12.8 Å². The number of aliphatic imine (C=N–C) groups is 1. The van der Waals surface area contributed by atoms with Crippen LogP contribution in [0.4, 0.5) is 0 Å². The van der Waals surface area contributed by atoms with Gasteiger partial charge in [-0.3, -0.25) is 14.6 Å². The number of terminal acetylenes is 1. The molecule has 8 heteroatoms. The van der Waals surface area contributed by atoms with Crippen LogP contribution < -0.4 is 11.2 Å². The molecule has 3 N–H and O–H groups in total. The first-order valence-electron chi connectivity index (χ1n) is 25.2. The summed E-state index contributed by atoms with van der Waals surface area (Å²) in [5.41, 5.74) is 8.24. The zero-order valence-corrected chi connectivity index (χ0v) is 41.0. The van der Waals surface area contributed by atoms with Gasteiger partial charge in [0.15, 0.2) is 0 Å². The Labute approximate surface area is 370 Å². The second-order valence-electron chi connectivity index (χ2n) is 16.4. The molecule has 0 aliphatic rings. The molecule has 0 aromatic rings. The van der Waals surface area contributed by atoms with Crippen LogP contribution in [0.1, 0.15) is 253 Å². The molecule has 0 fully saturated rings. The summed E-state index contributed by atoms with van der Waals surface area (Å²) in [6, 6.07) is 0. The number of unbranched alkanes of at least 4 members (excludes halogenated alkanes) is 26. The zero-order chi connectivity index (χ0) is 44.6. The molecule has 0 bridgehead atoms. The van der Waals surface area contributed by atoms with E-state index in [0.717, 1.165) is 39.0 Å². The third-order valence-electron chi connectivity index (χ3n) is 10.7. The number of nitrogens with one attached hydrogen (secondary N) is 1. The van der Waals surface area contributed by atoms with Gasteiger partial charge < -0.3 is 20.1 Å². The first kappa shape index (κ1) is 63.8. The van der Waals surface area contributed by atoms with E-state index in [-0.39, 0.29) is 6.10 Å². The van der Waals surface area contributed by atoms with Crippen LogP contribution in [0.5, 0.6) is 0 Å². The Morgan fingerprint density at radius 1 is 0.542 bits per heavy atom. The van der Waals surface area contributed by atoms with Gasteiger partial charge in [0.05, 0.1) is 7.11 Å². The van der Waals surface area contributed by atoms with E-state index < -0.39 is 0 Å². The smallest absolute Gasteiger partial charge is 0.293 e. The van der Waals surface area contributed by atoms with Crippen molar-refractivity contribution in [3.05, 3.63) is 0 Å². The minimum absolute atomic E-state index is 0.171. The standard InChI is InChI=1S/C21H46N4O.C18H36O2.C10H22O.C2H2/c1-4-6-8-10-12-14-18-25(19-15-13-11-9-7-5-2)20-16-17-23-21(22)24-26-3;1-3-5-7-9-11-13-15-18(20-17-19)16-14-12-10-8-6-4-2;1-3-4-5-6-7-8-9-10-11-2;1-2/h4-20H2,1-3H3,(H3,22,23,24);17-18H,3-16H2,1-2H3;3-10H2,1-2H3;1-2H. The summed E-state index contributed by atoms with van der Waals surface area (Å²) in [7, 11) is 3.32. The topological polar surface area (TPSA) is 98.4 Å². The first-order chi connectivity index (χ1) is 29.0. The third-order valence-corrected chi connectivity index (χ3v) is 10.7. The van der Waals surface area contributed by atoms with Gasteiger partial charge in [0, 0.05) is 20.3 Å². The summed E-state index contributed by atoms with van der Waals surface area (Å²) >= 11 is 0. The van der Waals surface area contributed by atoms with Crippen molar-refractivity contribution in [2.75, 3.05) is 47.0 Å². The highest BCUT2D eigenvalue weighted by Crippen LogP contribution is 2.16. The van der Waals surface area contributed by atoms with Crippen molar-refractivity contribution in [3.63, 3.8) is 0 Å². The molecule has 59 heavy (non-hydrogen) atoms. The van der Waals surface area contributed by atoms with Crippen molar-refractivity contribution in [2.45, 2.75) is 259 Å². The molecule has 0 aliphatic carbocycles. The lowest BCUT2D eigenvalue weighted by molar-refractivity contribution is -0.134. The van der Waals surface area contributed by atoms with Gasteiger partial charge in [0.1, 0.15) is 6.10 Å². The first-order valence-corrected chi connectivity index (χ1v) is 25.2. The van der Waals surface area contributed by atoms with Gasteiger partial charge in [-0.25, -0.2) is 5.48 Å². The lowest BCUT2D eigenvalue weighted by atomic mass is 10.0. The van der Waals surface area contributed by atoms with Crippen LogP contribution in [0, 0.1) is 12.8 Å². The maximum Gasteiger partial charge on any atom is 0.293 e. The van der Waals surface area contributed by atoms with Crippen molar-refractivity contribution in [2.24, 2.45) is 10.7 Å². The molecular weight excluding hydrogens is 733 g/mol. The van der Waals surface area contributed by atoms with E-state index in [1.807, 2.05) is 0 Å². The van der Waals surface area contributed by atoms with Crippen molar-refractivity contribution in [1.29, 1.82) is 0 Å². The van der Waals surface area contributed by atoms with E-state index in [9.17, 15) is 4.79 Å². The van der Waals surface area contributed by atoms with Gasteiger partial charge >= 0.3 is 0 Å². The average molecular weight is 839 g/mol. The van der Waals surface area contributed by atoms with Gasteiger partial charge in [-0.2, -0.15) is 0 Å². The van der Waals surface area contributed by atoms with Gasteiger partial charge in [-0.05, 0) is 71.0 Å². The molecule has 0 atom stereocenters. The molecule has 0 spiro atoms. The maximum absolute atomic E-state index is 10.5. The molecule has 0 rings (SSSR count). The van der Waals surface area contributed by atoms with Crippen LogP contribution >= 0.6 is 0 Å². The van der Waals surface area contributed by atoms with E-state index in [0.29, 0.717) is 12.4 Å². The Bertz CT molecular complexity index is 742. The van der Waals surface area contributed by atoms with Crippen molar-refractivity contribution in [1.82, 2.24) is 10.4 Å². The molecule has 0 radical (unpaired) electrons. The van der Waals surface area contributed by atoms with Crippen molar-refractivity contribution in [3.8, 4) is 12.8 Å². The molecule has 0 aromatic heterocycles. The summed E-state index contributed by atoms with van der Waals surface area (Å²) in [4.78, 5) is 22.2. The SMILES string of the molecule is C#C.CCCCCCCCC(CCCCCCCC)OC=O.CCCCCCCCCOC.CCCCCCCCN(CCCCCCCC)CCCN=C(N)NOC. The van der Waals surface area contributed by atoms with Crippen LogP contribution in [-0.4, -0.2) is 70.4 Å². The third kappa shape index (κ3) is 63.0. The quantitative estimate of drug-likeness (QED) is 0.0158. The Hall–Kier alpha value is -1.82. The number of guanidine groups is 1. The van der Waals surface area contributed by atoms with E-state index >= 15 is 0 Å². The number of hydroxylamine groups is 1. The van der Waals surface area contributed by atoms with Crippen LogP contribution in [0.3, 0.4) is 0 Å². The van der Waals surface area contributed by atoms with Crippen LogP contribution in [0.2, 0.25) is 0 Å². The van der Waals surface area contributed by atoms with Gasteiger partial charge in [0.25, 0.3) is 6.47 Å². The molecule has 354 valence electrons. The van der Waals surface area contributed by atoms with Crippen LogP contribution in [0.15, 0.2) is 4.99 Å². The molecule has 0 amide bonds. The highest BCUT2D eigenvalue weighted by atomic mass is 16.6. The Kier molecular flexibility index (Phi) is 68.0. The number of ether oxygens (including phenoxy) is 2. The summed E-state index contributed by atoms with van der Waals surface area (Å²) in [5, 5.41) is 0. The lowest BCUT2D eigenvalue weighted by Gasteiger charge is -2.22. The van der Waals surface area contributed by atoms with E-state index in [1.165, 1.54) is 212 Å². The Balaban J connectivity index is -0.000000404. The zero-order valence-electron chi connectivity index (χ0n) is 41.0. The van der Waals surface area contributed by atoms with Gasteiger partial charge in [-0.1, -0.05) is 202 Å². The highest BCUT2D eigenvalue weighted by molar-refractivity contribution is 5.76. The Morgan fingerprint density at radius 3 is 1.24 bits per heavy atom. The molecule has 0 aromatic carbocycles. The lowest BCUT2D eigenvalue weighted by Crippen LogP contribution is -2.31. The maximum atomic E-state index is 10.5. The Morgan fingerprint density at radius 2 is 0.881 bits per heavy atom. The molecule has 0 saturated heterocycles. The number of hydrogen-bond acceptors (Lipinski definition) is 6. The summed E-state index contributed by atoms with van der Waals surface area (Å²) in [5.74, 6) is 0.367. The molecular formula is C51H106N4O4. The normalized spacial score (nSPS) is 11.0. The molecule has 0 heterocycles. The summed E-state index contributed by atoms with van der Waals surface area (Å²) < 4.78 is 10.2. The number of carbonyl (C=O) groups excluding carboxylic acids is 1. The minimum Gasteiger partial charge on any atom is -0.465 e. The van der Waals surface area contributed by atoms with Crippen molar-refractivity contribution >= 4 is 12.4 Å². The van der Waals surface area contributed by atoms with E-state index in [4.69, 9.17) is 20.0 Å². The number of nitrogens with two attached hydrogens (primary N) is 1. The number of nitrogens with zero attached hydrogens (tertiary/aromatic N) is 2. The number of rotatable bonds is 43. The monoisotopic (exact) mass is 839 g/mol.